The van der Waals surface area contributed by atoms with E-state index in [0.717, 1.165) is 18.2 Å². The Balaban J connectivity index is 1.71. The van der Waals surface area contributed by atoms with E-state index in [1.54, 1.807) is 0 Å². The van der Waals surface area contributed by atoms with Gasteiger partial charge in [0.05, 0.1) is 16.7 Å². The van der Waals surface area contributed by atoms with Crippen molar-refractivity contribution in [2.75, 3.05) is 0 Å². The van der Waals surface area contributed by atoms with Crippen molar-refractivity contribution in [3.8, 4) is 34.5 Å². The molecule has 0 fully saturated rings. The summed E-state index contributed by atoms with van der Waals surface area (Å²) in [6.07, 6.45) is 0. The number of aryl methyl sites for hydroxylation is 6. The van der Waals surface area contributed by atoms with Crippen LogP contribution in [0, 0.1) is 71.9 Å². The molecule has 4 rings (SSSR count). The molecule has 51 heavy (non-hydrogen) atoms. The van der Waals surface area contributed by atoms with E-state index in [4.69, 9.17) is 14.2 Å². The largest absolute Gasteiger partial charge is 0.423 e. The third-order valence-corrected chi connectivity index (χ3v) is 7.07. The zero-order valence-electron chi connectivity index (χ0n) is 27.7. The van der Waals surface area contributed by atoms with Crippen LogP contribution in [-0.4, -0.2) is 33.2 Å². The Labute approximate surface area is 287 Å². The van der Waals surface area contributed by atoms with E-state index in [-0.39, 0.29) is 84.6 Å². The fourth-order valence-electron chi connectivity index (χ4n) is 5.04. The van der Waals surface area contributed by atoms with Crippen LogP contribution in [0.5, 0.6) is 34.5 Å². The molecule has 4 aromatic carbocycles. The van der Waals surface area contributed by atoms with Crippen LogP contribution < -0.4 is 28.7 Å². The highest BCUT2D eigenvalue weighted by atomic mass is 17.0. The Hall–Kier alpha value is -7.11. The van der Waals surface area contributed by atoms with Crippen LogP contribution in [0.15, 0.2) is 54.6 Å². The molecule has 0 aliphatic rings. The lowest BCUT2D eigenvalue weighted by atomic mass is 10.0. The second-order valence-corrected chi connectivity index (χ2v) is 11.1. The maximum absolute atomic E-state index is 13.4. The average Bonchev–Trinajstić information content (AvgIpc) is 3.02. The molecule has 0 radical (unpaired) electrons. The summed E-state index contributed by atoms with van der Waals surface area (Å²) in [5.74, 6) is -3.38. The van der Waals surface area contributed by atoms with Crippen molar-refractivity contribution in [3.05, 3.63) is 135 Å². The van der Waals surface area contributed by atoms with E-state index in [1.165, 1.54) is 77.9 Å². The normalized spacial score (nSPS) is 10.5. The van der Waals surface area contributed by atoms with Gasteiger partial charge in [0.2, 0.25) is 0 Å². The van der Waals surface area contributed by atoms with E-state index in [2.05, 4.69) is 14.5 Å². The van der Waals surface area contributed by atoms with Crippen molar-refractivity contribution in [2.24, 2.45) is 0 Å². The Morgan fingerprint density at radius 2 is 0.608 bits per heavy atom. The second-order valence-electron chi connectivity index (χ2n) is 11.1. The molecule has 18 heteroatoms. The van der Waals surface area contributed by atoms with E-state index >= 15 is 0 Å². The molecule has 18 nitrogen and oxygen atoms in total. The van der Waals surface area contributed by atoms with Crippen LogP contribution in [-0.2, 0) is 0 Å². The van der Waals surface area contributed by atoms with Crippen LogP contribution in [0.3, 0.4) is 0 Å². The van der Waals surface area contributed by atoms with Gasteiger partial charge in [-0.15, -0.1) is 30.3 Å². The Kier molecular flexibility index (Phi) is 10.8. The topological polar surface area (TPSA) is 236 Å². The summed E-state index contributed by atoms with van der Waals surface area (Å²) in [5, 5.41) is 29.6. The summed E-state index contributed by atoms with van der Waals surface area (Å²) in [5.41, 5.74) is 0.735. The van der Waals surface area contributed by atoms with Crippen LogP contribution in [0.1, 0.15) is 64.5 Å². The van der Waals surface area contributed by atoms with Crippen LogP contribution in [0.4, 0.5) is 0 Å². The lowest BCUT2D eigenvalue weighted by molar-refractivity contribution is -0.711. The molecule has 0 aliphatic carbocycles. The van der Waals surface area contributed by atoms with Crippen molar-refractivity contribution in [2.45, 2.75) is 41.5 Å². The fraction of sp³-hybridized carbons (Fsp3) is 0.182. The molecule has 0 amide bonds. The highest BCUT2D eigenvalue weighted by molar-refractivity contribution is 6.02. The lowest BCUT2D eigenvalue weighted by Gasteiger charge is -2.14. The Bertz CT molecular complexity index is 1810. The van der Waals surface area contributed by atoms with Crippen molar-refractivity contribution in [3.63, 3.8) is 0 Å². The number of benzene rings is 4. The first kappa shape index (κ1) is 36.7. The van der Waals surface area contributed by atoms with Gasteiger partial charge in [0.1, 0.15) is 34.5 Å². The first-order chi connectivity index (χ1) is 23.9. The zero-order valence-corrected chi connectivity index (χ0v) is 27.7. The summed E-state index contributed by atoms with van der Waals surface area (Å²) in [7, 11) is 0. The van der Waals surface area contributed by atoms with Gasteiger partial charge in [-0.1, -0.05) is 0 Å². The smallest absolute Gasteiger partial charge is 0.343 e. The van der Waals surface area contributed by atoms with Gasteiger partial charge in [0.15, 0.2) is 0 Å². The molecule has 0 saturated heterocycles. The van der Waals surface area contributed by atoms with Gasteiger partial charge in [0.25, 0.3) is 15.3 Å². The van der Waals surface area contributed by atoms with Crippen LogP contribution in [0.25, 0.3) is 0 Å². The highest BCUT2D eigenvalue weighted by Gasteiger charge is 2.22. The molecule has 0 atom stereocenters. The van der Waals surface area contributed by atoms with E-state index in [1.807, 2.05) is 0 Å². The number of hydrogen-bond acceptors (Lipinski definition) is 15. The standard InChI is InChI=1S/C33H27N3O15/c1-16-7-25(8-17(2)28(16)49-34(40)41)46-31(37)22-13-23(32(38)47-26-9-18(3)29(19(4)10-26)50-35(42)43)15-24(14-22)33(39)48-27-11-20(5)30(21(6)12-27)51-36(44)45/h7-15H,1-6H3. The number of esters is 3. The summed E-state index contributed by atoms with van der Waals surface area (Å²) < 4.78 is 16.4. The second kappa shape index (κ2) is 15.0. The SMILES string of the molecule is Cc1cc(OC(=O)c2cc(C(=O)Oc3cc(C)c(O[N+](=O)[O-])c(C)c3)cc(C(=O)Oc3cc(C)c(O[N+](=O)[O-])c(C)c3)c2)cc(C)c1O[N+](=O)[O-]. The molecule has 0 bridgehead atoms. The van der Waals surface area contributed by atoms with Gasteiger partial charge in [0, 0.05) is 0 Å². The number of carbonyl (C=O) groups excluding carboxylic acids is 3. The summed E-state index contributed by atoms with van der Waals surface area (Å²) in [6, 6.07) is 11.1. The van der Waals surface area contributed by atoms with Gasteiger partial charge in [-0.2, -0.15) is 0 Å². The summed E-state index contributed by atoms with van der Waals surface area (Å²) >= 11 is 0. The molecular weight excluding hydrogens is 678 g/mol. The van der Waals surface area contributed by atoms with E-state index in [9.17, 15) is 44.7 Å². The third kappa shape index (κ3) is 9.08. The predicted octanol–water partition coefficient (Wildman–Crippen LogP) is 5.91. The molecule has 0 unspecified atom stereocenters. The molecule has 0 spiro atoms. The van der Waals surface area contributed by atoms with E-state index in [0.29, 0.717) is 0 Å². The molecule has 264 valence electrons. The number of hydrogen-bond donors (Lipinski definition) is 0. The average molecular weight is 706 g/mol. The van der Waals surface area contributed by atoms with Crippen molar-refractivity contribution >= 4 is 17.9 Å². The Morgan fingerprint density at radius 3 is 0.784 bits per heavy atom. The highest BCUT2D eigenvalue weighted by Crippen LogP contribution is 2.32. The first-order valence-corrected chi connectivity index (χ1v) is 14.5. The maximum atomic E-state index is 13.4. The molecule has 0 saturated carbocycles. The molecule has 0 N–H and O–H groups in total. The number of rotatable bonds is 12. The van der Waals surface area contributed by atoms with Gasteiger partial charge in [-0.05, 0) is 130 Å². The van der Waals surface area contributed by atoms with E-state index < -0.39 is 33.2 Å². The molecular formula is C33H27N3O15. The minimum atomic E-state index is -1.04. The fourth-order valence-corrected chi connectivity index (χ4v) is 5.04. The molecule has 0 aromatic heterocycles. The van der Waals surface area contributed by atoms with Crippen molar-refractivity contribution < 1.29 is 58.4 Å². The van der Waals surface area contributed by atoms with Crippen molar-refractivity contribution in [1.29, 1.82) is 0 Å². The molecule has 4 aromatic rings. The minimum Gasteiger partial charge on any atom is -0.423 e. The van der Waals surface area contributed by atoms with Crippen LogP contribution in [0.2, 0.25) is 0 Å². The van der Waals surface area contributed by atoms with Gasteiger partial charge < -0.3 is 14.2 Å². The maximum Gasteiger partial charge on any atom is 0.343 e. The van der Waals surface area contributed by atoms with Crippen molar-refractivity contribution in [1.82, 2.24) is 0 Å². The lowest BCUT2D eigenvalue weighted by Crippen LogP contribution is -2.17. The van der Waals surface area contributed by atoms with Gasteiger partial charge in [-0.25, -0.2) is 14.4 Å². The predicted molar refractivity (Wildman–Crippen MR) is 172 cm³/mol. The quantitative estimate of drug-likeness (QED) is 0.0721. The molecule has 0 aliphatic heterocycles. The monoisotopic (exact) mass is 705 g/mol. The summed E-state index contributed by atoms with van der Waals surface area (Å²) in [6.45, 7) is 8.96. The Morgan fingerprint density at radius 1 is 0.412 bits per heavy atom. The first-order valence-electron chi connectivity index (χ1n) is 14.5. The zero-order chi connectivity index (χ0) is 37.7. The number of nitrogens with zero attached hydrogens (tertiary/aromatic N) is 3. The van der Waals surface area contributed by atoms with Crippen LogP contribution >= 0.6 is 0 Å². The number of carbonyl (C=O) groups is 3. The van der Waals surface area contributed by atoms with Gasteiger partial charge >= 0.3 is 17.9 Å². The summed E-state index contributed by atoms with van der Waals surface area (Å²) in [4.78, 5) is 86.5. The minimum absolute atomic E-state index is 0.0335. The third-order valence-electron chi connectivity index (χ3n) is 7.07. The number of ether oxygens (including phenoxy) is 3. The molecule has 0 heterocycles. The van der Waals surface area contributed by atoms with Gasteiger partial charge in [-0.3, -0.25) is 14.5 Å².